The third-order valence-electron chi connectivity index (χ3n) is 3.19. The molecular weight excluding hydrogens is 260 g/mol. The van der Waals surface area contributed by atoms with Crippen molar-refractivity contribution in [2.45, 2.75) is 19.8 Å². The summed E-state index contributed by atoms with van der Waals surface area (Å²) >= 11 is 0. The number of primary amides is 1. The normalized spacial score (nSPS) is 10.6. The van der Waals surface area contributed by atoms with Crippen LogP contribution < -0.4 is 5.73 Å². The molecule has 0 fully saturated rings. The number of rotatable bonds is 4. The molecule has 2 aromatic carbocycles. The van der Waals surface area contributed by atoms with Crippen molar-refractivity contribution in [3.8, 4) is 0 Å². The van der Waals surface area contributed by atoms with Crippen molar-refractivity contribution in [2.75, 3.05) is 0 Å². The first kappa shape index (κ1) is 14.2. The lowest BCUT2D eigenvalue weighted by Gasteiger charge is -2.10. The first-order chi connectivity index (χ1) is 9.49. The predicted octanol–water partition coefficient (Wildman–Crippen LogP) is 3.22. The Balaban J connectivity index is 2.35. The highest BCUT2D eigenvalue weighted by Crippen LogP contribution is 2.18. The topological polar surface area (TPSA) is 43.1 Å². The first-order valence-electron chi connectivity index (χ1n) is 6.36. The molecule has 0 saturated heterocycles. The van der Waals surface area contributed by atoms with Gasteiger partial charge in [-0.05, 0) is 53.8 Å². The molecule has 4 heteroatoms. The minimum atomic E-state index is -0.591. The number of carbonyl (C=O) groups excluding carboxylic acids is 1. The zero-order valence-corrected chi connectivity index (χ0v) is 11.1. The monoisotopic (exact) mass is 275 g/mol. The van der Waals surface area contributed by atoms with Crippen molar-refractivity contribution in [1.29, 1.82) is 0 Å². The summed E-state index contributed by atoms with van der Waals surface area (Å²) in [5, 5.41) is 0. The fourth-order valence-electron chi connectivity index (χ4n) is 2.21. The maximum atomic E-state index is 13.2. The van der Waals surface area contributed by atoms with E-state index in [9.17, 15) is 13.6 Å². The van der Waals surface area contributed by atoms with Gasteiger partial charge >= 0.3 is 0 Å². The standard InChI is InChI=1S/C16H15F2NO/c1-2-11-8-13(16(19)20)4-3-12(11)5-10-6-14(17)9-15(18)7-10/h3-4,6-9H,2,5H2,1H3,(H2,19,20). The van der Waals surface area contributed by atoms with Crippen molar-refractivity contribution >= 4 is 5.91 Å². The van der Waals surface area contributed by atoms with Crippen LogP contribution in [0.4, 0.5) is 8.78 Å². The third kappa shape index (κ3) is 3.20. The van der Waals surface area contributed by atoms with E-state index in [0.717, 1.165) is 17.2 Å². The number of carbonyl (C=O) groups is 1. The van der Waals surface area contributed by atoms with E-state index in [2.05, 4.69) is 0 Å². The lowest BCUT2D eigenvalue weighted by Crippen LogP contribution is -2.11. The number of nitrogens with two attached hydrogens (primary N) is 1. The van der Waals surface area contributed by atoms with E-state index in [-0.39, 0.29) is 0 Å². The van der Waals surface area contributed by atoms with Crippen LogP contribution in [0, 0.1) is 11.6 Å². The Labute approximate surface area is 116 Å². The molecule has 2 rings (SSSR count). The highest BCUT2D eigenvalue weighted by atomic mass is 19.1. The van der Waals surface area contributed by atoms with Gasteiger partial charge in [-0.2, -0.15) is 0 Å². The fourth-order valence-corrected chi connectivity index (χ4v) is 2.21. The Hall–Kier alpha value is -2.23. The van der Waals surface area contributed by atoms with Crippen molar-refractivity contribution < 1.29 is 13.6 Å². The molecule has 20 heavy (non-hydrogen) atoms. The van der Waals surface area contributed by atoms with E-state index in [1.54, 1.807) is 18.2 Å². The van der Waals surface area contributed by atoms with Gasteiger partial charge in [0.05, 0.1) is 0 Å². The van der Waals surface area contributed by atoms with Crippen molar-refractivity contribution in [3.63, 3.8) is 0 Å². The van der Waals surface area contributed by atoms with E-state index in [0.29, 0.717) is 24.0 Å². The summed E-state index contributed by atoms with van der Waals surface area (Å²) in [4.78, 5) is 11.2. The lowest BCUT2D eigenvalue weighted by atomic mass is 9.96. The molecule has 0 atom stereocenters. The summed E-state index contributed by atoms with van der Waals surface area (Å²) in [5.74, 6) is -1.67. The molecule has 104 valence electrons. The molecule has 0 radical (unpaired) electrons. The van der Waals surface area contributed by atoms with Crippen LogP contribution in [-0.2, 0) is 12.8 Å². The minimum absolute atomic E-state index is 0.414. The second-order valence-corrected chi connectivity index (χ2v) is 4.66. The van der Waals surface area contributed by atoms with Crippen LogP contribution in [0.3, 0.4) is 0 Å². The Bertz CT molecular complexity index is 633. The van der Waals surface area contributed by atoms with Gasteiger partial charge in [-0.3, -0.25) is 4.79 Å². The number of aryl methyl sites for hydroxylation is 1. The number of benzene rings is 2. The molecule has 0 heterocycles. The first-order valence-corrected chi connectivity index (χ1v) is 6.36. The Morgan fingerprint density at radius 1 is 1.05 bits per heavy atom. The molecule has 2 N–H and O–H groups in total. The fraction of sp³-hybridized carbons (Fsp3) is 0.188. The van der Waals surface area contributed by atoms with Crippen molar-refractivity contribution in [1.82, 2.24) is 0 Å². The van der Waals surface area contributed by atoms with Crippen molar-refractivity contribution in [2.24, 2.45) is 5.73 Å². The Morgan fingerprint density at radius 2 is 1.70 bits per heavy atom. The minimum Gasteiger partial charge on any atom is -0.366 e. The zero-order valence-electron chi connectivity index (χ0n) is 11.1. The second-order valence-electron chi connectivity index (χ2n) is 4.66. The second kappa shape index (κ2) is 5.82. The van der Waals surface area contributed by atoms with Crippen LogP contribution in [0.2, 0.25) is 0 Å². The quantitative estimate of drug-likeness (QED) is 0.914. The van der Waals surface area contributed by atoms with E-state index in [4.69, 9.17) is 5.73 Å². The summed E-state index contributed by atoms with van der Waals surface area (Å²) < 4.78 is 26.4. The smallest absolute Gasteiger partial charge is 0.248 e. The van der Waals surface area contributed by atoms with Gasteiger partial charge < -0.3 is 5.73 Å². The summed E-state index contributed by atoms with van der Waals surface area (Å²) in [6.07, 6.45) is 1.13. The summed E-state index contributed by atoms with van der Waals surface area (Å²) in [7, 11) is 0. The van der Waals surface area contributed by atoms with Gasteiger partial charge in [-0.15, -0.1) is 0 Å². The molecular formula is C16H15F2NO. The van der Waals surface area contributed by atoms with Gasteiger partial charge in [0.1, 0.15) is 11.6 Å². The predicted molar refractivity (Wildman–Crippen MR) is 73.5 cm³/mol. The molecule has 0 spiro atoms. The molecule has 0 aromatic heterocycles. The van der Waals surface area contributed by atoms with Crippen LogP contribution in [0.1, 0.15) is 34.0 Å². The number of hydrogen-bond acceptors (Lipinski definition) is 1. The molecule has 1 amide bonds. The number of amides is 1. The average molecular weight is 275 g/mol. The van der Waals surface area contributed by atoms with Gasteiger partial charge in [0.25, 0.3) is 0 Å². The highest BCUT2D eigenvalue weighted by Gasteiger charge is 2.08. The maximum absolute atomic E-state index is 13.2. The average Bonchev–Trinajstić information content (AvgIpc) is 2.37. The third-order valence-corrected chi connectivity index (χ3v) is 3.19. The molecule has 2 nitrogen and oxygen atoms in total. The Morgan fingerprint density at radius 3 is 2.25 bits per heavy atom. The number of halogens is 2. The summed E-state index contributed by atoms with van der Waals surface area (Å²) in [5.41, 5.74) is 8.12. The van der Waals surface area contributed by atoms with E-state index < -0.39 is 17.5 Å². The van der Waals surface area contributed by atoms with Gasteiger partial charge in [-0.25, -0.2) is 8.78 Å². The SMILES string of the molecule is CCc1cc(C(N)=O)ccc1Cc1cc(F)cc(F)c1. The van der Waals surface area contributed by atoms with E-state index in [1.807, 2.05) is 6.92 Å². The summed E-state index contributed by atoms with van der Waals surface area (Å²) in [6.45, 7) is 1.95. The lowest BCUT2D eigenvalue weighted by molar-refractivity contribution is 0.1000. The zero-order chi connectivity index (χ0) is 14.7. The molecule has 0 aliphatic rings. The highest BCUT2D eigenvalue weighted by molar-refractivity contribution is 5.93. The molecule has 2 aromatic rings. The molecule has 0 aliphatic heterocycles. The van der Waals surface area contributed by atoms with Crippen LogP contribution >= 0.6 is 0 Å². The van der Waals surface area contributed by atoms with Crippen molar-refractivity contribution in [3.05, 3.63) is 70.3 Å². The molecule has 0 bridgehead atoms. The van der Waals surface area contributed by atoms with E-state index in [1.165, 1.54) is 12.1 Å². The van der Waals surface area contributed by atoms with Gasteiger partial charge in [0, 0.05) is 11.6 Å². The van der Waals surface area contributed by atoms with Gasteiger partial charge in [-0.1, -0.05) is 13.0 Å². The van der Waals surface area contributed by atoms with Crippen LogP contribution in [-0.4, -0.2) is 5.91 Å². The van der Waals surface area contributed by atoms with Crippen LogP contribution in [0.15, 0.2) is 36.4 Å². The van der Waals surface area contributed by atoms with Gasteiger partial charge in [0.15, 0.2) is 0 Å². The molecule has 0 unspecified atom stereocenters. The Kier molecular flexibility index (Phi) is 4.13. The largest absolute Gasteiger partial charge is 0.366 e. The van der Waals surface area contributed by atoms with Crippen LogP contribution in [0.25, 0.3) is 0 Å². The number of hydrogen-bond donors (Lipinski definition) is 1. The molecule has 0 saturated carbocycles. The van der Waals surface area contributed by atoms with E-state index >= 15 is 0 Å². The van der Waals surface area contributed by atoms with Crippen LogP contribution in [0.5, 0.6) is 0 Å². The van der Waals surface area contributed by atoms with Gasteiger partial charge in [0.2, 0.25) is 5.91 Å². The molecule has 0 aliphatic carbocycles. The maximum Gasteiger partial charge on any atom is 0.248 e. The summed E-state index contributed by atoms with van der Waals surface area (Å²) in [6, 6.07) is 8.61.